The van der Waals surface area contributed by atoms with Gasteiger partial charge >= 0.3 is 0 Å². The first-order valence-corrected chi connectivity index (χ1v) is 5.14. The van der Waals surface area contributed by atoms with Crippen LogP contribution in [0.25, 0.3) is 11.2 Å². The molecule has 2 rings (SSSR count). The fourth-order valence-corrected chi connectivity index (χ4v) is 1.55. The number of hydrogen-bond donors (Lipinski definition) is 5. The van der Waals surface area contributed by atoms with Crippen molar-refractivity contribution >= 4 is 17.1 Å². The number of fused-ring (bicyclic) bond motifs is 1. The van der Waals surface area contributed by atoms with Crippen molar-refractivity contribution in [1.29, 1.82) is 0 Å². The number of nitrogens with two attached hydrogens (primary N) is 1. The Hall–Kier alpha value is -1.97. The fourth-order valence-electron chi connectivity index (χ4n) is 1.55. The monoisotopic (exact) mass is 255 g/mol. The molecule has 0 atom stereocenters. The van der Waals surface area contributed by atoms with E-state index in [4.69, 9.17) is 15.9 Å². The number of nitrogen functional groups attached to an aromatic ring is 1. The van der Waals surface area contributed by atoms with E-state index in [0.29, 0.717) is 0 Å². The fraction of sp³-hybridized carbons (Fsp3) is 0.444. The first-order valence-electron chi connectivity index (χ1n) is 5.14. The third-order valence-corrected chi connectivity index (χ3v) is 2.55. The maximum absolute atomic E-state index is 11.5. The second kappa shape index (κ2) is 4.37. The van der Waals surface area contributed by atoms with Gasteiger partial charge in [0.2, 0.25) is 5.95 Å². The molecule has 9 heteroatoms. The van der Waals surface area contributed by atoms with Crippen molar-refractivity contribution in [3.8, 4) is 0 Å². The molecule has 2 heterocycles. The van der Waals surface area contributed by atoms with Gasteiger partial charge in [-0.15, -0.1) is 0 Å². The molecule has 0 radical (unpaired) electrons. The summed E-state index contributed by atoms with van der Waals surface area (Å²) in [6.07, 6.45) is 1.28. The molecule has 98 valence electrons. The minimum atomic E-state index is -1.72. The molecule has 18 heavy (non-hydrogen) atoms. The number of anilines is 1. The summed E-state index contributed by atoms with van der Waals surface area (Å²) in [5, 5.41) is 27.8. The lowest BCUT2D eigenvalue weighted by Crippen LogP contribution is -2.41. The SMILES string of the molecule is Nc1nc2c(ncn2CC(O)(CO)CO)c(=O)[nH]1. The minimum Gasteiger partial charge on any atom is -0.393 e. The number of nitrogens with one attached hydrogen (secondary N) is 1. The highest BCUT2D eigenvalue weighted by Crippen LogP contribution is 2.12. The molecule has 2 aromatic rings. The van der Waals surface area contributed by atoms with Crippen molar-refractivity contribution in [2.45, 2.75) is 12.1 Å². The molecule has 0 spiro atoms. The van der Waals surface area contributed by atoms with E-state index in [9.17, 15) is 9.90 Å². The smallest absolute Gasteiger partial charge is 0.280 e. The number of rotatable bonds is 4. The predicted octanol–water partition coefficient (Wildman–Crippen LogP) is -2.58. The average Bonchev–Trinajstić information content (AvgIpc) is 2.72. The second-order valence-corrected chi connectivity index (χ2v) is 4.04. The van der Waals surface area contributed by atoms with Gasteiger partial charge in [-0.25, -0.2) is 4.98 Å². The number of hydrogen-bond acceptors (Lipinski definition) is 7. The lowest BCUT2D eigenvalue weighted by Gasteiger charge is -2.23. The van der Waals surface area contributed by atoms with Crippen LogP contribution >= 0.6 is 0 Å². The quantitative estimate of drug-likeness (QED) is 0.402. The topological polar surface area (TPSA) is 150 Å². The van der Waals surface area contributed by atoms with Gasteiger partial charge in [0.1, 0.15) is 5.60 Å². The van der Waals surface area contributed by atoms with E-state index in [0.717, 1.165) is 0 Å². The van der Waals surface area contributed by atoms with Crippen molar-refractivity contribution in [1.82, 2.24) is 19.5 Å². The van der Waals surface area contributed by atoms with Gasteiger partial charge in [0, 0.05) is 0 Å². The van der Waals surface area contributed by atoms with Gasteiger partial charge in [0.05, 0.1) is 26.1 Å². The third-order valence-electron chi connectivity index (χ3n) is 2.55. The Morgan fingerprint density at radius 2 is 2.11 bits per heavy atom. The highest BCUT2D eigenvalue weighted by atomic mass is 16.4. The molecular weight excluding hydrogens is 242 g/mol. The largest absolute Gasteiger partial charge is 0.393 e. The number of nitrogens with zero attached hydrogens (tertiary/aromatic N) is 3. The highest BCUT2D eigenvalue weighted by molar-refractivity contribution is 5.70. The van der Waals surface area contributed by atoms with Crippen LogP contribution in [-0.4, -0.2) is 53.7 Å². The molecule has 0 bridgehead atoms. The van der Waals surface area contributed by atoms with Crippen molar-refractivity contribution in [2.24, 2.45) is 0 Å². The van der Waals surface area contributed by atoms with E-state index in [1.807, 2.05) is 0 Å². The molecule has 0 amide bonds. The average molecular weight is 255 g/mol. The zero-order valence-electron chi connectivity index (χ0n) is 9.37. The Morgan fingerprint density at radius 3 is 2.72 bits per heavy atom. The summed E-state index contributed by atoms with van der Waals surface area (Å²) in [7, 11) is 0. The van der Waals surface area contributed by atoms with Gasteiger partial charge in [-0.05, 0) is 0 Å². The van der Waals surface area contributed by atoms with Gasteiger partial charge in [-0.1, -0.05) is 0 Å². The van der Waals surface area contributed by atoms with Crippen LogP contribution in [0.2, 0.25) is 0 Å². The molecule has 0 fully saturated rings. The van der Waals surface area contributed by atoms with Crippen molar-refractivity contribution in [2.75, 3.05) is 18.9 Å². The minimum absolute atomic E-state index is 0.0717. The van der Waals surface area contributed by atoms with Crippen LogP contribution < -0.4 is 11.3 Å². The van der Waals surface area contributed by atoms with Crippen LogP contribution in [0.5, 0.6) is 0 Å². The lowest BCUT2D eigenvalue weighted by atomic mass is 10.1. The van der Waals surface area contributed by atoms with E-state index in [2.05, 4.69) is 15.0 Å². The molecule has 0 aliphatic heterocycles. The second-order valence-electron chi connectivity index (χ2n) is 4.04. The van der Waals surface area contributed by atoms with Crippen molar-refractivity contribution in [3.05, 3.63) is 16.7 Å². The summed E-state index contributed by atoms with van der Waals surface area (Å²) in [5.41, 5.74) is 3.45. The van der Waals surface area contributed by atoms with Crippen LogP contribution in [0.4, 0.5) is 5.95 Å². The van der Waals surface area contributed by atoms with E-state index in [-0.39, 0.29) is 23.7 Å². The van der Waals surface area contributed by atoms with Gasteiger partial charge in [0.15, 0.2) is 11.2 Å². The molecule has 9 nitrogen and oxygen atoms in total. The molecule has 0 aliphatic rings. The molecule has 0 aliphatic carbocycles. The molecule has 0 saturated carbocycles. The van der Waals surface area contributed by atoms with Crippen molar-refractivity contribution in [3.63, 3.8) is 0 Å². The molecule has 0 unspecified atom stereocenters. The van der Waals surface area contributed by atoms with Crippen LogP contribution in [-0.2, 0) is 6.54 Å². The maximum atomic E-state index is 11.5. The number of H-pyrrole nitrogens is 1. The summed E-state index contributed by atoms with van der Waals surface area (Å²) >= 11 is 0. The van der Waals surface area contributed by atoms with Gasteiger partial charge in [-0.2, -0.15) is 4.98 Å². The molecule has 2 aromatic heterocycles. The normalized spacial score (nSPS) is 12.2. The Morgan fingerprint density at radius 1 is 1.44 bits per heavy atom. The first-order chi connectivity index (χ1) is 8.49. The zero-order chi connectivity index (χ0) is 13.3. The predicted molar refractivity (Wildman–Crippen MR) is 61.7 cm³/mol. The third kappa shape index (κ3) is 2.06. The summed E-state index contributed by atoms with van der Waals surface area (Å²) in [5.74, 6) is -0.0780. The van der Waals surface area contributed by atoms with E-state index in [1.54, 1.807) is 0 Å². The van der Waals surface area contributed by atoms with Crippen LogP contribution in [0.3, 0.4) is 0 Å². The van der Waals surface area contributed by atoms with Crippen LogP contribution in [0, 0.1) is 0 Å². The van der Waals surface area contributed by atoms with Gasteiger partial charge < -0.3 is 25.6 Å². The summed E-state index contributed by atoms with van der Waals surface area (Å²) in [6, 6.07) is 0. The van der Waals surface area contributed by atoms with Crippen molar-refractivity contribution < 1.29 is 15.3 Å². The molecule has 0 saturated heterocycles. The number of aliphatic hydroxyl groups is 3. The number of aromatic amines is 1. The Bertz CT molecular complexity index is 615. The molecule has 6 N–H and O–H groups in total. The Kier molecular flexibility index (Phi) is 3.03. The van der Waals surface area contributed by atoms with E-state index < -0.39 is 24.4 Å². The summed E-state index contributed by atoms with van der Waals surface area (Å²) < 4.78 is 1.34. The van der Waals surface area contributed by atoms with Gasteiger partial charge in [-0.3, -0.25) is 9.78 Å². The summed E-state index contributed by atoms with van der Waals surface area (Å²) in [6.45, 7) is -1.43. The summed E-state index contributed by atoms with van der Waals surface area (Å²) in [4.78, 5) is 21.5. The van der Waals surface area contributed by atoms with Crippen LogP contribution in [0.1, 0.15) is 0 Å². The Balaban J connectivity index is 2.50. The van der Waals surface area contributed by atoms with E-state index >= 15 is 0 Å². The maximum Gasteiger partial charge on any atom is 0.280 e. The first kappa shape index (κ1) is 12.5. The highest BCUT2D eigenvalue weighted by Gasteiger charge is 2.27. The van der Waals surface area contributed by atoms with Gasteiger partial charge in [0.25, 0.3) is 5.56 Å². The standard InChI is InChI=1S/C9H13N5O4/c10-8-12-6-5(7(17)13-8)11-4-14(6)1-9(18,2-15)3-16/h4,15-16,18H,1-3H2,(H3,10,12,13,17). The zero-order valence-corrected chi connectivity index (χ0v) is 9.37. The Labute approximate surface area is 101 Å². The number of aromatic nitrogens is 4. The van der Waals surface area contributed by atoms with Crippen LogP contribution in [0.15, 0.2) is 11.1 Å². The number of imidazole rings is 1. The molecular formula is C9H13N5O4. The number of aliphatic hydroxyl groups excluding tert-OH is 2. The van der Waals surface area contributed by atoms with E-state index in [1.165, 1.54) is 10.9 Å². The lowest BCUT2D eigenvalue weighted by molar-refractivity contribution is -0.0653. The molecule has 0 aromatic carbocycles.